The Kier molecular flexibility index (Phi) is 4.46. The van der Waals surface area contributed by atoms with Crippen LogP contribution in [0.25, 0.3) is 0 Å². The van der Waals surface area contributed by atoms with Crippen molar-refractivity contribution in [2.24, 2.45) is 0 Å². The minimum atomic E-state index is -0.308. The molecule has 2 heterocycles. The van der Waals surface area contributed by atoms with Crippen LogP contribution in [0.15, 0.2) is 65.3 Å². The highest BCUT2D eigenvalue weighted by molar-refractivity contribution is 5.99. The van der Waals surface area contributed by atoms with Gasteiger partial charge >= 0.3 is 0 Å². The molecule has 0 fully saturated rings. The molecule has 0 saturated heterocycles. The third-order valence-electron chi connectivity index (χ3n) is 4.65. The minimum absolute atomic E-state index is 0.0278. The Morgan fingerprint density at radius 1 is 1.04 bits per heavy atom. The Bertz CT molecular complexity index is 953. The summed E-state index contributed by atoms with van der Waals surface area (Å²) in [7, 11) is 3.20. The molecule has 1 atom stereocenters. The molecule has 1 aromatic heterocycles. The Morgan fingerprint density at radius 3 is 2.59 bits per heavy atom. The Hall–Kier alpha value is -3.41. The summed E-state index contributed by atoms with van der Waals surface area (Å²) in [5, 5.41) is 3.44. The lowest BCUT2D eigenvalue weighted by Crippen LogP contribution is -2.31. The highest BCUT2D eigenvalue weighted by Gasteiger charge is 2.37. The standard InChI is InChI=1S/C21H20N2O4/c1-25-18-10-9-14(12-19(18)26-2)22-20-16-7-3-4-8-17(16)21(24)23(20)13-15-6-5-11-27-15/h3-12,20,22H,13H2,1-2H3/t20-/m0/s1. The first-order valence-corrected chi connectivity index (χ1v) is 8.62. The van der Waals surface area contributed by atoms with Gasteiger partial charge in [0.1, 0.15) is 11.9 Å². The summed E-state index contributed by atoms with van der Waals surface area (Å²) in [6.07, 6.45) is 1.30. The number of carbonyl (C=O) groups excluding carboxylic acids is 1. The third kappa shape index (κ3) is 3.10. The lowest BCUT2D eigenvalue weighted by Gasteiger charge is -2.26. The number of amides is 1. The zero-order valence-electron chi connectivity index (χ0n) is 15.1. The molecule has 138 valence electrons. The summed E-state index contributed by atoms with van der Waals surface area (Å²) in [6.45, 7) is 0.380. The Morgan fingerprint density at radius 2 is 1.85 bits per heavy atom. The molecule has 1 aliphatic rings. The van der Waals surface area contributed by atoms with Gasteiger partial charge in [0.25, 0.3) is 5.91 Å². The molecule has 6 nitrogen and oxygen atoms in total. The van der Waals surface area contributed by atoms with Gasteiger partial charge in [0.15, 0.2) is 11.5 Å². The first-order chi connectivity index (χ1) is 13.2. The molecule has 0 aliphatic carbocycles. The number of hydrogen-bond acceptors (Lipinski definition) is 5. The van der Waals surface area contributed by atoms with E-state index >= 15 is 0 Å². The van der Waals surface area contributed by atoms with Crippen LogP contribution in [0.2, 0.25) is 0 Å². The van der Waals surface area contributed by atoms with Crippen molar-refractivity contribution in [3.05, 3.63) is 77.7 Å². The molecule has 0 unspecified atom stereocenters. The van der Waals surface area contributed by atoms with Crippen LogP contribution in [0.5, 0.6) is 11.5 Å². The summed E-state index contributed by atoms with van der Waals surface area (Å²) in [5.74, 6) is 1.98. The number of hydrogen-bond donors (Lipinski definition) is 1. The van der Waals surface area contributed by atoms with Gasteiger partial charge in [-0.3, -0.25) is 4.79 Å². The average Bonchev–Trinajstić information content (AvgIpc) is 3.31. The molecule has 4 rings (SSSR count). The van der Waals surface area contributed by atoms with Crippen molar-refractivity contribution in [3.63, 3.8) is 0 Å². The maximum atomic E-state index is 12.9. The van der Waals surface area contributed by atoms with Gasteiger partial charge in [-0.05, 0) is 30.3 Å². The van der Waals surface area contributed by atoms with E-state index in [-0.39, 0.29) is 12.1 Å². The van der Waals surface area contributed by atoms with Gasteiger partial charge in [0.2, 0.25) is 0 Å². The molecule has 6 heteroatoms. The maximum Gasteiger partial charge on any atom is 0.256 e. The molecule has 0 radical (unpaired) electrons. The van der Waals surface area contributed by atoms with Crippen molar-refractivity contribution in [1.29, 1.82) is 0 Å². The quantitative estimate of drug-likeness (QED) is 0.714. The van der Waals surface area contributed by atoms with Crippen LogP contribution < -0.4 is 14.8 Å². The van der Waals surface area contributed by atoms with Gasteiger partial charge in [-0.2, -0.15) is 0 Å². The van der Waals surface area contributed by atoms with Crippen molar-refractivity contribution in [3.8, 4) is 11.5 Å². The Labute approximate surface area is 157 Å². The lowest BCUT2D eigenvalue weighted by atomic mass is 10.1. The summed E-state index contributed by atoms with van der Waals surface area (Å²) in [5.41, 5.74) is 2.46. The lowest BCUT2D eigenvalue weighted by molar-refractivity contribution is 0.0715. The van der Waals surface area contributed by atoms with E-state index in [1.54, 1.807) is 25.4 Å². The molecule has 1 amide bonds. The molecule has 0 spiro atoms. The van der Waals surface area contributed by atoms with Crippen LogP contribution in [0.3, 0.4) is 0 Å². The molecule has 1 N–H and O–H groups in total. The number of nitrogens with zero attached hydrogens (tertiary/aromatic N) is 1. The van der Waals surface area contributed by atoms with Crippen molar-refractivity contribution in [2.75, 3.05) is 19.5 Å². The smallest absolute Gasteiger partial charge is 0.256 e. The zero-order valence-corrected chi connectivity index (χ0v) is 15.1. The number of fused-ring (bicyclic) bond motifs is 1. The highest BCUT2D eigenvalue weighted by Crippen LogP contribution is 2.37. The number of ether oxygens (including phenoxy) is 2. The molecule has 0 bridgehead atoms. The van der Waals surface area contributed by atoms with Crippen LogP contribution in [-0.4, -0.2) is 25.0 Å². The summed E-state index contributed by atoms with van der Waals surface area (Å²) in [4.78, 5) is 14.7. The largest absolute Gasteiger partial charge is 0.493 e. The first kappa shape index (κ1) is 17.0. The molecular weight excluding hydrogens is 344 g/mol. The van der Waals surface area contributed by atoms with Gasteiger partial charge in [-0.25, -0.2) is 0 Å². The number of rotatable bonds is 6. The van der Waals surface area contributed by atoms with Crippen LogP contribution in [0, 0.1) is 0 Å². The van der Waals surface area contributed by atoms with Crippen molar-refractivity contribution in [2.45, 2.75) is 12.7 Å². The molecular formula is C21H20N2O4. The van der Waals surface area contributed by atoms with E-state index in [1.807, 2.05) is 54.6 Å². The maximum absolute atomic E-state index is 12.9. The minimum Gasteiger partial charge on any atom is -0.493 e. The van der Waals surface area contributed by atoms with Crippen LogP contribution >= 0.6 is 0 Å². The molecule has 0 saturated carbocycles. The predicted molar refractivity (Wildman–Crippen MR) is 101 cm³/mol. The van der Waals surface area contributed by atoms with E-state index in [1.165, 1.54) is 0 Å². The van der Waals surface area contributed by atoms with Crippen molar-refractivity contribution >= 4 is 11.6 Å². The highest BCUT2D eigenvalue weighted by atomic mass is 16.5. The topological polar surface area (TPSA) is 63.9 Å². The second kappa shape index (κ2) is 7.07. The van der Waals surface area contributed by atoms with Crippen LogP contribution in [0.1, 0.15) is 27.8 Å². The summed E-state index contributed by atoms with van der Waals surface area (Å²) < 4.78 is 16.1. The molecule has 27 heavy (non-hydrogen) atoms. The second-order valence-electron chi connectivity index (χ2n) is 6.22. The number of carbonyl (C=O) groups is 1. The van der Waals surface area contributed by atoms with Gasteiger partial charge in [0, 0.05) is 22.9 Å². The third-order valence-corrected chi connectivity index (χ3v) is 4.65. The van der Waals surface area contributed by atoms with Crippen molar-refractivity contribution in [1.82, 2.24) is 4.90 Å². The van der Waals surface area contributed by atoms with Crippen LogP contribution in [-0.2, 0) is 6.54 Å². The molecule has 1 aliphatic heterocycles. The fourth-order valence-corrected chi connectivity index (χ4v) is 3.34. The van der Waals surface area contributed by atoms with Gasteiger partial charge in [-0.1, -0.05) is 18.2 Å². The number of benzene rings is 2. The van der Waals surface area contributed by atoms with E-state index < -0.39 is 0 Å². The first-order valence-electron chi connectivity index (χ1n) is 8.62. The van der Waals surface area contributed by atoms with E-state index in [0.717, 1.165) is 17.0 Å². The van der Waals surface area contributed by atoms with E-state index in [2.05, 4.69) is 5.32 Å². The predicted octanol–water partition coefficient (Wildman–Crippen LogP) is 4.06. The molecule has 2 aromatic carbocycles. The van der Waals surface area contributed by atoms with Crippen molar-refractivity contribution < 1.29 is 18.7 Å². The van der Waals surface area contributed by atoms with E-state index in [4.69, 9.17) is 13.9 Å². The van der Waals surface area contributed by atoms with E-state index in [9.17, 15) is 4.79 Å². The number of methoxy groups -OCH3 is 2. The normalized spacial score (nSPS) is 15.6. The Balaban J connectivity index is 1.68. The average molecular weight is 364 g/mol. The van der Waals surface area contributed by atoms with Gasteiger partial charge < -0.3 is 24.1 Å². The number of furan rings is 1. The fraction of sp³-hybridized carbons (Fsp3) is 0.190. The van der Waals surface area contributed by atoms with E-state index in [0.29, 0.717) is 23.6 Å². The van der Waals surface area contributed by atoms with Gasteiger partial charge in [-0.15, -0.1) is 0 Å². The summed E-state index contributed by atoms with van der Waals surface area (Å²) >= 11 is 0. The van der Waals surface area contributed by atoms with Gasteiger partial charge in [0.05, 0.1) is 27.0 Å². The number of anilines is 1. The van der Waals surface area contributed by atoms with Crippen LogP contribution in [0.4, 0.5) is 5.69 Å². The summed E-state index contributed by atoms with van der Waals surface area (Å²) in [6, 6.07) is 16.9. The zero-order chi connectivity index (χ0) is 18.8. The fourth-order valence-electron chi connectivity index (χ4n) is 3.34. The second-order valence-corrected chi connectivity index (χ2v) is 6.22. The molecule has 3 aromatic rings. The number of nitrogens with one attached hydrogen (secondary N) is 1. The SMILES string of the molecule is COc1ccc(N[C@@H]2c3ccccc3C(=O)N2Cc2ccco2)cc1OC. The monoisotopic (exact) mass is 364 g/mol.